The van der Waals surface area contributed by atoms with Gasteiger partial charge in [0.25, 0.3) is 0 Å². The van der Waals surface area contributed by atoms with Gasteiger partial charge in [0.1, 0.15) is 0 Å². The molecule has 0 fully saturated rings. The summed E-state index contributed by atoms with van der Waals surface area (Å²) in [5.74, 6) is 0. The van der Waals surface area contributed by atoms with Crippen LogP contribution in [0.4, 0.5) is 17.1 Å². The summed E-state index contributed by atoms with van der Waals surface area (Å²) in [6.07, 6.45) is 6.49. The summed E-state index contributed by atoms with van der Waals surface area (Å²) in [5, 5.41) is 0. The van der Waals surface area contributed by atoms with E-state index in [4.69, 9.17) is 0 Å². The van der Waals surface area contributed by atoms with Crippen molar-refractivity contribution in [3.8, 4) is 49.5 Å². The van der Waals surface area contributed by atoms with Gasteiger partial charge >= 0.3 is 0 Å². The van der Waals surface area contributed by atoms with E-state index in [1.54, 1.807) is 0 Å². The standard InChI is InChI=1S/C49H47NS5/c1-6-7-8-9-10-39-23-24-41(51-39)42-27-28-45(53-42)46-31-32-48(55-46)47-30-29-44(54-47)43-26-25-40(52-43)34-13-19-37(20-14-34)50(36-17-11-33(2)12-18-36)38-21-15-35(16-22-38)49(3,4)5/h11-32H,6-10H2,1-5H3. The minimum absolute atomic E-state index is 0.115. The van der Waals surface area contributed by atoms with Gasteiger partial charge in [-0.3, -0.25) is 0 Å². The molecule has 0 N–H and O–H groups in total. The summed E-state index contributed by atoms with van der Waals surface area (Å²) < 4.78 is 0. The highest BCUT2D eigenvalue weighted by molar-refractivity contribution is 7.30. The Kier molecular flexibility index (Phi) is 11.4. The van der Waals surface area contributed by atoms with Crippen LogP contribution in [0.3, 0.4) is 0 Å². The second-order valence-corrected chi connectivity index (χ2v) is 20.8. The van der Waals surface area contributed by atoms with Gasteiger partial charge in [-0.2, -0.15) is 0 Å². The number of anilines is 3. The first kappa shape index (κ1) is 37.9. The lowest BCUT2D eigenvalue weighted by molar-refractivity contribution is 0.590. The molecule has 0 radical (unpaired) electrons. The van der Waals surface area contributed by atoms with Crippen LogP contribution >= 0.6 is 56.7 Å². The van der Waals surface area contributed by atoms with Gasteiger partial charge in [0.15, 0.2) is 0 Å². The zero-order valence-electron chi connectivity index (χ0n) is 32.2. The summed E-state index contributed by atoms with van der Waals surface area (Å²) in [6.45, 7) is 11.2. The Labute approximate surface area is 347 Å². The molecule has 0 atom stereocenters. The van der Waals surface area contributed by atoms with Crippen LogP contribution in [0.25, 0.3) is 49.5 Å². The smallest absolute Gasteiger partial charge is 0.0462 e. The van der Waals surface area contributed by atoms with Crippen LogP contribution in [0, 0.1) is 6.92 Å². The molecule has 0 aliphatic rings. The highest BCUT2D eigenvalue weighted by Crippen LogP contribution is 2.46. The first-order valence-electron chi connectivity index (χ1n) is 19.3. The van der Waals surface area contributed by atoms with Crippen LogP contribution in [0.15, 0.2) is 133 Å². The van der Waals surface area contributed by atoms with E-state index in [2.05, 4.69) is 173 Å². The third-order valence-corrected chi connectivity index (χ3v) is 16.3. The van der Waals surface area contributed by atoms with Crippen LogP contribution in [0.1, 0.15) is 69.4 Å². The van der Waals surface area contributed by atoms with E-state index in [9.17, 15) is 0 Å². The van der Waals surface area contributed by atoms with Crippen molar-refractivity contribution in [2.24, 2.45) is 0 Å². The first-order valence-corrected chi connectivity index (χ1v) is 23.4. The van der Waals surface area contributed by atoms with E-state index in [-0.39, 0.29) is 5.41 Å². The van der Waals surface area contributed by atoms with Crippen molar-refractivity contribution < 1.29 is 0 Å². The quantitative estimate of drug-likeness (QED) is 0.105. The molecule has 8 rings (SSSR count). The first-order chi connectivity index (χ1) is 26.7. The van der Waals surface area contributed by atoms with E-state index in [0.717, 1.165) is 17.1 Å². The van der Waals surface area contributed by atoms with E-state index in [0.29, 0.717) is 0 Å². The molecule has 55 heavy (non-hydrogen) atoms. The minimum Gasteiger partial charge on any atom is -0.311 e. The molecular weight excluding hydrogens is 763 g/mol. The Balaban J connectivity index is 0.961. The average Bonchev–Trinajstić information content (AvgIpc) is 4.03. The van der Waals surface area contributed by atoms with E-state index < -0.39 is 0 Å². The molecule has 0 aliphatic carbocycles. The fraction of sp³-hybridized carbons (Fsp3) is 0.224. The molecule has 0 spiro atoms. The Morgan fingerprint density at radius 3 is 1.29 bits per heavy atom. The molecule has 3 aromatic carbocycles. The van der Waals surface area contributed by atoms with Gasteiger partial charge in [0.2, 0.25) is 0 Å². The predicted octanol–water partition coefficient (Wildman–Crippen LogP) is 17.5. The highest BCUT2D eigenvalue weighted by Gasteiger charge is 2.18. The topological polar surface area (TPSA) is 3.24 Å². The van der Waals surface area contributed by atoms with Crippen molar-refractivity contribution in [1.29, 1.82) is 0 Å². The van der Waals surface area contributed by atoms with Crippen molar-refractivity contribution in [2.75, 3.05) is 4.90 Å². The van der Waals surface area contributed by atoms with Gasteiger partial charge in [0.05, 0.1) is 0 Å². The minimum atomic E-state index is 0.115. The second-order valence-electron chi connectivity index (χ2n) is 15.2. The summed E-state index contributed by atoms with van der Waals surface area (Å²) in [6, 6.07) is 49.9. The largest absolute Gasteiger partial charge is 0.311 e. The molecule has 0 bridgehead atoms. The average molecular weight is 810 g/mol. The number of thiophene rings is 5. The van der Waals surface area contributed by atoms with Crippen LogP contribution < -0.4 is 4.90 Å². The summed E-state index contributed by atoms with van der Waals surface area (Å²) >= 11 is 9.56. The molecule has 6 heteroatoms. The Morgan fingerprint density at radius 2 is 0.818 bits per heavy atom. The number of rotatable bonds is 13. The molecule has 0 amide bonds. The van der Waals surface area contributed by atoms with Crippen molar-refractivity contribution in [3.63, 3.8) is 0 Å². The molecule has 5 aromatic heterocycles. The zero-order valence-corrected chi connectivity index (χ0v) is 36.3. The van der Waals surface area contributed by atoms with Crippen LogP contribution in [0.5, 0.6) is 0 Å². The van der Waals surface area contributed by atoms with Gasteiger partial charge in [0, 0.05) is 65.8 Å². The Hall–Kier alpha value is -4.04. The predicted molar refractivity (Wildman–Crippen MR) is 249 cm³/mol. The molecule has 8 aromatic rings. The van der Waals surface area contributed by atoms with Gasteiger partial charge in [-0.1, -0.05) is 88.9 Å². The van der Waals surface area contributed by atoms with E-state index in [1.165, 1.54) is 97.6 Å². The highest BCUT2D eigenvalue weighted by atomic mass is 32.1. The summed E-state index contributed by atoms with van der Waals surface area (Å²) in [7, 11) is 0. The SMILES string of the molecule is CCCCCCc1ccc(-c2ccc(-c3ccc(-c4ccc(-c5ccc(-c6ccc(N(c7ccc(C)cc7)c7ccc(C(C)(C)C)cc7)cc6)s5)s4)s3)s2)s1. The van der Waals surface area contributed by atoms with Crippen molar-refractivity contribution >= 4 is 73.7 Å². The Morgan fingerprint density at radius 1 is 0.418 bits per heavy atom. The number of hydrogen-bond acceptors (Lipinski definition) is 6. The fourth-order valence-electron chi connectivity index (χ4n) is 6.83. The van der Waals surface area contributed by atoms with Gasteiger partial charge in [-0.15, -0.1) is 56.7 Å². The lowest BCUT2D eigenvalue weighted by Gasteiger charge is -2.27. The monoisotopic (exact) mass is 809 g/mol. The molecule has 1 nitrogen and oxygen atoms in total. The number of unbranched alkanes of at least 4 members (excludes halogenated alkanes) is 3. The maximum atomic E-state index is 2.35. The van der Waals surface area contributed by atoms with Crippen LogP contribution in [-0.4, -0.2) is 0 Å². The van der Waals surface area contributed by atoms with Crippen molar-refractivity contribution in [1.82, 2.24) is 0 Å². The summed E-state index contributed by atoms with van der Waals surface area (Å²) in [5.41, 5.74) is 7.43. The van der Waals surface area contributed by atoms with Crippen molar-refractivity contribution in [2.45, 2.75) is 72.1 Å². The maximum Gasteiger partial charge on any atom is 0.0462 e. The molecule has 0 saturated heterocycles. The molecule has 0 aliphatic heterocycles. The number of aryl methyl sites for hydroxylation is 2. The molecule has 0 saturated carbocycles. The zero-order chi connectivity index (χ0) is 37.9. The number of hydrogen-bond donors (Lipinski definition) is 0. The van der Waals surface area contributed by atoms with Gasteiger partial charge in [-0.05, 0) is 133 Å². The third kappa shape index (κ3) is 8.70. The molecular formula is C49H47NS5. The molecule has 5 heterocycles. The second kappa shape index (κ2) is 16.6. The Bertz CT molecular complexity index is 2460. The normalized spacial score (nSPS) is 11.7. The lowest BCUT2D eigenvalue weighted by atomic mass is 9.87. The maximum absolute atomic E-state index is 2.35. The van der Waals surface area contributed by atoms with Gasteiger partial charge in [-0.25, -0.2) is 0 Å². The van der Waals surface area contributed by atoms with Crippen molar-refractivity contribution in [3.05, 3.63) is 149 Å². The molecule has 278 valence electrons. The lowest BCUT2D eigenvalue weighted by Crippen LogP contribution is -2.13. The molecule has 0 unspecified atom stereocenters. The van der Waals surface area contributed by atoms with Crippen LogP contribution in [0.2, 0.25) is 0 Å². The fourth-order valence-corrected chi connectivity index (χ4v) is 12.3. The summed E-state index contributed by atoms with van der Waals surface area (Å²) in [4.78, 5) is 16.0. The third-order valence-electron chi connectivity index (χ3n) is 10.0. The van der Waals surface area contributed by atoms with Gasteiger partial charge < -0.3 is 4.90 Å². The van der Waals surface area contributed by atoms with E-state index >= 15 is 0 Å². The number of nitrogens with zero attached hydrogens (tertiary/aromatic N) is 1. The van der Waals surface area contributed by atoms with E-state index in [1.807, 2.05) is 56.7 Å². The number of benzene rings is 3. The van der Waals surface area contributed by atoms with Crippen LogP contribution in [-0.2, 0) is 11.8 Å².